The molecule has 0 bridgehead atoms. The second-order valence-corrected chi connectivity index (χ2v) is 4.35. The van der Waals surface area contributed by atoms with E-state index in [4.69, 9.17) is 11.6 Å². The third kappa shape index (κ3) is 2.27. The monoisotopic (exact) mass is 266 g/mol. The van der Waals surface area contributed by atoms with Gasteiger partial charge < -0.3 is 0 Å². The Kier molecular flexibility index (Phi) is 3.43. The zero-order chi connectivity index (χ0) is 13.3. The van der Waals surface area contributed by atoms with Crippen LogP contribution in [0, 0.1) is 18.6 Å². The molecule has 2 aromatic rings. The molecule has 0 aliphatic carbocycles. The number of aldehydes is 1. The van der Waals surface area contributed by atoms with Crippen molar-refractivity contribution < 1.29 is 13.6 Å². The molecule has 0 saturated carbocycles. The Morgan fingerprint density at radius 1 is 1.06 bits per heavy atom. The molecule has 0 N–H and O–H groups in total. The van der Waals surface area contributed by atoms with Gasteiger partial charge >= 0.3 is 0 Å². The van der Waals surface area contributed by atoms with E-state index in [2.05, 4.69) is 0 Å². The summed E-state index contributed by atoms with van der Waals surface area (Å²) < 4.78 is 27.2. The largest absolute Gasteiger partial charge is 0.298 e. The Bertz CT molecular complexity index is 623. The average Bonchev–Trinajstić information content (AvgIpc) is 2.34. The first-order valence-electron chi connectivity index (χ1n) is 5.23. The quantitative estimate of drug-likeness (QED) is 0.736. The van der Waals surface area contributed by atoms with Crippen molar-refractivity contribution >= 4 is 17.9 Å². The normalized spacial score (nSPS) is 10.4. The number of carbonyl (C=O) groups excluding carboxylic acids is 1. The first-order valence-corrected chi connectivity index (χ1v) is 5.61. The second kappa shape index (κ2) is 4.86. The van der Waals surface area contributed by atoms with Crippen LogP contribution in [-0.4, -0.2) is 6.29 Å². The molecule has 0 aliphatic rings. The Morgan fingerprint density at radius 3 is 2.39 bits per heavy atom. The standard InChI is InChI=1S/C14H9ClF2O/c1-8-4-14(17)11(6-13(8)16)10-3-2-9(7-18)5-12(10)15/h2-7H,1H3. The summed E-state index contributed by atoms with van der Waals surface area (Å²) in [4.78, 5) is 10.6. The van der Waals surface area contributed by atoms with E-state index in [0.717, 1.165) is 12.1 Å². The van der Waals surface area contributed by atoms with Crippen LogP contribution in [0.15, 0.2) is 30.3 Å². The molecular formula is C14H9ClF2O. The zero-order valence-electron chi connectivity index (χ0n) is 9.51. The molecule has 0 saturated heterocycles. The van der Waals surface area contributed by atoms with Crippen molar-refractivity contribution in [2.24, 2.45) is 0 Å². The lowest BCUT2D eigenvalue weighted by Gasteiger charge is -2.08. The van der Waals surface area contributed by atoms with E-state index in [1.54, 1.807) is 0 Å². The van der Waals surface area contributed by atoms with Gasteiger partial charge in [0.25, 0.3) is 0 Å². The smallest absolute Gasteiger partial charge is 0.150 e. The Morgan fingerprint density at radius 2 is 1.78 bits per heavy atom. The third-order valence-electron chi connectivity index (χ3n) is 2.67. The molecule has 18 heavy (non-hydrogen) atoms. The lowest BCUT2D eigenvalue weighted by Crippen LogP contribution is -1.92. The van der Waals surface area contributed by atoms with Crippen LogP contribution in [-0.2, 0) is 0 Å². The van der Waals surface area contributed by atoms with Gasteiger partial charge in [-0.1, -0.05) is 23.7 Å². The molecule has 0 spiro atoms. The molecule has 0 amide bonds. The van der Waals surface area contributed by atoms with Gasteiger partial charge in [-0.15, -0.1) is 0 Å². The van der Waals surface area contributed by atoms with Crippen molar-refractivity contribution in [3.63, 3.8) is 0 Å². The van der Waals surface area contributed by atoms with E-state index < -0.39 is 11.6 Å². The van der Waals surface area contributed by atoms with E-state index in [0.29, 0.717) is 17.4 Å². The molecule has 1 nitrogen and oxygen atoms in total. The van der Waals surface area contributed by atoms with Crippen molar-refractivity contribution in [1.29, 1.82) is 0 Å². The number of rotatable bonds is 2. The SMILES string of the molecule is Cc1cc(F)c(-c2ccc(C=O)cc2Cl)cc1F. The highest BCUT2D eigenvalue weighted by molar-refractivity contribution is 6.33. The van der Waals surface area contributed by atoms with Crippen LogP contribution in [0.4, 0.5) is 8.78 Å². The Labute approximate surface area is 108 Å². The van der Waals surface area contributed by atoms with Gasteiger partial charge in [0.2, 0.25) is 0 Å². The number of hydrogen-bond donors (Lipinski definition) is 0. The predicted molar refractivity (Wildman–Crippen MR) is 66.9 cm³/mol. The molecular weight excluding hydrogens is 258 g/mol. The Balaban J connectivity index is 2.62. The first-order chi connectivity index (χ1) is 8.52. The molecule has 0 radical (unpaired) electrons. The maximum absolute atomic E-state index is 13.8. The van der Waals surface area contributed by atoms with E-state index in [9.17, 15) is 13.6 Å². The van der Waals surface area contributed by atoms with E-state index in [1.807, 2.05) is 0 Å². The summed E-state index contributed by atoms with van der Waals surface area (Å²) in [6.07, 6.45) is 0.641. The van der Waals surface area contributed by atoms with Crippen molar-refractivity contribution in [3.8, 4) is 11.1 Å². The molecule has 4 heteroatoms. The number of benzene rings is 2. The second-order valence-electron chi connectivity index (χ2n) is 3.94. The highest BCUT2D eigenvalue weighted by Gasteiger charge is 2.12. The zero-order valence-corrected chi connectivity index (χ0v) is 10.3. The predicted octanol–water partition coefficient (Wildman–Crippen LogP) is 4.41. The van der Waals surface area contributed by atoms with Crippen molar-refractivity contribution in [3.05, 3.63) is 58.1 Å². The van der Waals surface area contributed by atoms with Gasteiger partial charge in [-0.2, -0.15) is 0 Å². The number of hydrogen-bond acceptors (Lipinski definition) is 1. The minimum atomic E-state index is -0.547. The molecule has 0 fully saturated rings. The fourth-order valence-corrected chi connectivity index (χ4v) is 1.97. The number of aryl methyl sites for hydroxylation is 1. The fourth-order valence-electron chi connectivity index (χ4n) is 1.68. The fraction of sp³-hybridized carbons (Fsp3) is 0.0714. The maximum Gasteiger partial charge on any atom is 0.150 e. The van der Waals surface area contributed by atoms with Gasteiger partial charge in [-0.3, -0.25) is 4.79 Å². The van der Waals surface area contributed by atoms with E-state index >= 15 is 0 Å². The van der Waals surface area contributed by atoms with Crippen molar-refractivity contribution in [1.82, 2.24) is 0 Å². The summed E-state index contributed by atoms with van der Waals surface area (Å²) in [7, 11) is 0. The summed E-state index contributed by atoms with van der Waals surface area (Å²) in [5.74, 6) is -1.04. The lowest BCUT2D eigenvalue weighted by atomic mass is 10.0. The summed E-state index contributed by atoms with van der Waals surface area (Å²) in [6.45, 7) is 1.49. The van der Waals surface area contributed by atoms with Crippen LogP contribution in [0.3, 0.4) is 0 Å². The van der Waals surface area contributed by atoms with Gasteiger partial charge in [0.15, 0.2) is 0 Å². The van der Waals surface area contributed by atoms with Crippen LogP contribution < -0.4 is 0 Å². The average molecular weight is 267 g/mol. The van der Waals surface area contributed by atoms with E-state index in [1.165, 1.54) is 25.1 Å². The Hall–Kier alpha value is -1.74. The minimum Gasteiger partial charge on any atom is -0.298 e. The van der Waals surface area contributed by atoms with Crippen molar-refractivity contribution in [2.75, 3.05) is 0 Å². The summed E-state index contributed by atoms with van der Waals surface area (Å²) >= 11 is 5.96. The third-order valence-corrected chi connectivity index (χ3v) is 2.98. The first kappa shape index (κ1) is 12.7. The minimum absolute atomic E-state index is 0.0838. The molecule has 0 atom stereocenters. The lowest BCUT2D eigenvalue weighted by molar-refractivity contribution is 0.112. The molecule has 0 unspecified atom stereocenters. The molecule has 2 aromatic carbocycles. The van der Waals surface area contributed by atoms with Crippen LogP contribution in [0.2, 0.25) is 5.02 Å². The van der Waals surface area contributed by atoms with Gasteiger partial charge in [-0.05, 0) is 30.7 Å². The van der Waals surface area contributed by atoms with Crippen LogP contribution >= 0.6 is 11.6 Å². The van der Waals surface area contributed by atoms with Gasteiger partial charge in [0, 0.05) is 21.7 Å². The van der Waals surface area contributed by atoms with E-state index in [-0.39, 0.29) is 16.1 Å². The molecule has 0 heterocycles. The van der Waals surface area contributed by atoms with Crippen LogP contribution in [0.25, 0.3) is 11.1 Å². The van der Waals surface area contributed by atoms with Crippen LogP contribution in [0.5, 0.6) is 0 Å². The topological polar surface area (TPSA) is 17.1 Å². The maximum atomic E-state index is 13.8. The highest BCUT2D eigenvalue weighted by atomic mass is 35.5. The molecule has 0 aliphatic heterocycles. The van der Waals surface area contributed by atoms with Crippen molar-refractivity contribution in [2.45, 2.75) is 6.92 Å². The van der Waals surface area contributed by atoms with Gasteiger partial charge in [-0.25, -0.2) is 8.78 Å². The van der Waals surface area contributed by atoms with Gasteiger partial charge in [0.05, 0.1) is 0 Å². The number of carbonyl (C=O) groups is 1. The summed E-state index contributed by atoms with van der Waals surface area (Å²) in [5, 5.41) is 0.210. The van der Waals surface area contributed by atoms with Crippen LogP contribution in [0.1, 0.15) is 15.9 Å². The molecule has 92 valence electrons. The summed E-state index contributed by atoms with van der Waals surface area (Å²) in [6, 6.07) is 6.65. The molecule has 2 rings (SSSR count). The highest BCUT2D eigenvalue weighted by Crippen LogP contribution is 2.31. The summed E-state index contributed by atoms with van der Waals surface area (Å²) in [5.41, 5.74) is 1.06. The number of halogens is 3. The van der Waals surface area contributed by atoms with Gasteiger partial charge in [0.1, 0.15) is 17.9 Å². The molecule has 0 aromatic heterocycles.